The lowest BCUT2D eigenvalue weighted by Gasteiger charge is -2.32. The van der Waals surface area contributed by atoms with E-state index >= 15 is 0 Å². The summed E-state index contributed by atoms with van der Waals surface area (Å²) in [5.74, 6) is -0.888. The van der Waals surface area contributed by atoms with Crippen molar-refractivity contribution in [1.29, 1.82) is 0 Å². The van der Waals surface area contributed by atoms with Crippen molar-refractivity contribution in [3.63, 3.8) is 0 Å². The minimum absolute atomic E-state index is 0.888. The van der Waals surface area contributed by atoms with Crippen molar-refractivity contribution in [3.05, 3.63) is 70.2 Å². The van der Waals surface area contributed by atoms with Crippen LogP contribution < -0.4 is 0 Å². The monoisotopic (exact) mass is 306 g/mol. The third kappa shape index (κ3) is 2.21. The Bertz CT molecular complexity index is 507. The Kier molecular flexibility index (Phi) is 4.17. The van der Waals surface area contributed by atoms with E-state index in [-0.39, 0.29) is 0 Å². The number of hydrogen-bond donors (Lipinski definition) is 0. The van der Waals surface area contributed by atoms with Crippen LogP contribution in [0.3, 0.4) is 0 Å². The van der Waals surface area contributed by atoms with Gasteiger partial charge in [0, 0.05) is 29.8 Å². The first kappa shape index (κ1) is 13.3. The molecule has 0 heterocycles. The minimum atomic E-state index is -0.888. The molecule has 0 aliphatic heterocycles. The average Bonchev–Trinajstić information content (AvgIpc) is 2.44. The molecule has 0 unspecified atom stereocenters. The normalized spacial score (nSPS) is 11.5. The van der Waals surface area contributed by atoms with Gasteiger partial charge >= 0.3 is 0 Å². The summed E-state index contributed by atoms with van der Waals surface area (Å²) >= 11 is 3.55. The summed E-state index contributed by atoms with van der Waals surface area (Å²) in [6, 6.07) is 17.8. The zero-order valence-corrected chi connectivity index (χ0v) is 12.0. The molecule has 2 nitrogen and oxygen atoms in total. The van der Waals surface area contributed by atoms with Gasteiger partial charge in [-0.3, -0.25) is 0 Å². The van der Waals surface area contributed by atoms with Crippen molar-refractivity contribution in [2.24, 2.45) is 0 Å². The molecule has 0 spiro atoms. The molecule has 0 atom stereocenters. The van der Waals surface area contributed by atoms with Gasteiger partial charge in [0.1, 0.15) is 0 Å². The molecule has 0 amide bonds. The van der Waals surface area contributed by atoms with Gasteiger partial charge in [0.2, 0.25) is 5.79 Å². The van der Waals surface area contributed by atoms with E-state index in [1.807, 2.05) is 54.6 Å². The molecule has 0 fully saturated rings. The maximum atomic E-state index is 5.69. The van der Waals surface area contributed by atoms with E-state index in [0.717, 1.165) is 15.6 Å². The standard InChI is InChI=1S/C15H15BrO2/c1-17-15(18-2,12-8-4-3-5-9-12)13-10-6-7-11-14(13)16/h3-11H,1-2H3. The molecule has 0 saturated heterocycles. The molecule has 0 aliphatic carbocycles. The maximum Gasteiger partial charge on any atom is 0.222 e. The van der Waals surface area contributed by atoms with Crippen LogP contribution in [-0.2, 0) is 15.3 Å². The SMILES string of the molecule is COC(OC)(c1ccccc1)c1ccccc1Br. The van der Waals surface area contributed by atoms with Gasteiger partial charge in [0.25, 0.3) is 0 Å². The quantitative estimate of drug-likeness (QED) is 0.797. The average molecular weight is 307 g/mol. The van der Waals surface area contributed by atoms with Gasteiger partial charge in [-0.05, 0) is 6.07 Å². The van der Waals surface area contributed by atoms with Crippen LogP contribution in [0.25, 0.3) is 0 Å². The highest BCUT2D eigenvalue weighted by Gasteiger charge is 2.35. The molecule has 2 rings (SSSR count). The summed E-state index contributed by atoms with van der Waals surface area (Å²) in [6.45, 7) is 0. The van der Waals surface area contributed by atoms with Crippen LogP contribution in [0.4, 0.5) is 0 Å². The Labute approximate surface area is 116 Å². The van der Waals surface area contributed by atoms with Crippen molar-refractivity contribution in [1.82, 2.24) is 0 Å². The van der Waals surface area contributed by atoms with Crippen molar-refractivity contribution in [2.75, 3.05) is 14.2 Å². The minimum Gasteiger partial charge on any atom is -0.346 e. The molecule has 0 bridgehead atoms. The van der Waals surface area contributed by atoms with Gasteiger partial charge in [-0.1, -0.05) is 64.5 Å². The Morgan fingerprint density at radius 3 is 1.94 bits per heavy atom. The predicted molar refractivity (Wildman–Crippen MR) is 75.4 cm³/mol. The van der Waals surface area contributed by atoms with Crippen LogP contribution in [0, 0.1) is 0 Å². The first-order valence-electron chi connectivity index (χ1n) is 5.65. The Morgan fingerprint density at radius 2 is 1.39 bits per heavy atom. The lowest BCUT2D eigenvalue weighted by Crippen LogP contribution is -2.32. The topological polar surface area (TPSA) is 18.5 Å². The Hall–Kier alpha value is -1.16. The lowest BCUT2D eigenvalue weighted by atomic mass is 9.97. The molecule has 0 radical (unpaired) electrons. The fourth-order valence-corrected chi connectivity index (χ4v) is 2.63. The summed E-state index contributed by atoms with van der Waals surface area (Å²) < 4.78 is 12.3. The molecule has 94 valence electrons. The second-order valence-corrected chi connectivity index (χ2v) is 4.73. The predicted octanol–water partition coefficient (Wildman–Crippen LogP) is 3.94. The molecular weight excluding hydrogens is 292 g/mol. The van der Waals surface area contributed by atoms with E-state index in [1.54, 1.807) is 14.2 Å². The molecule has 0 aliphatic rings. The first-order chi connectivity index (χ1) is 8.74. The summed E-state index contributed by atoms with van der Waals surface area (Å²) in [7, 11) is 3.30. The molecule has 18 heavy (non-hydrogen) atoms. The summed E-state index contributed by atoms with van der Waals surface area (Å²) in [5.41, 5.74) is 1.91. The van der Waals surface area contributed by atoms with Crippen LogP contribution in [0.15, 0.2) is 59.1 Å². The number of halogens is 1. The molecule has 3 heteroatoms. The number of benzene rings is 2. The van der Waals surface area contributed by atoms with Gasteiger partial charge in [0.05, 0.1) is 0 Å². The van der Waals surface area contributed by atoms with Crippen LogP contribution in [-0.4, -0.2) is 14.2 Å². The van der Waals surface area contributed by atoms with E-state index in [4.69, 9.17) is 9.47 Å². The largest absolute Gasteiger partial charge is 0.346 e. The fraction of sp³-hybridized carbons (Fsp3) is 0.200. The van der Waals surface area contributed by atoms with E-state index in [0.29, 0.717) is 0 Å². The lowest BCUT2D eigenvalue weighted by molar-refractivity contribution is -0.184. The molecule has 0 aromatic heterocycles. The van der Waals surface area contributed by atoms with Crippen molar-refractivity contribution >= 4 is 15.9 Å². The third-order valence-electron chi connectivity index (χ3n) is 2.96. The zero-order valence-electron chi connectivity index (χ0n) is 10.4. The summed E-state index contributed by atoms with van der Waals surface area (Å²) in [5, 5.41) is 0. The van der Waals surface area contributed by atoms with Gasteiger partial charge in [-0.2, -0.15) is 0 Å². The van der Waals surface area contributed by atoms with Crippen molar-refractivity contribution in [3.8, 4) is 0 Å². The summed E-state index contributed by atoms with van der Waals surface area (Å²) in [4.78, 5) is 0. The number of ether oxygens (including phenoxy) is 2. The number of methoxy groups -OCH3 is 2. The van der Waals surface area contributed by atoms with E-state index in [2.05, 4.69) is 15.9 Å². The molecular formula is C15H15BrO2. The smallest absolute Gasteiger partial charge is 0.222 e. The van der Waals surface area contributed by atoms with E-state index < -0.39 is 5.79 Å². The van der Waals surface area contributed by atoms with Crippen molar-refractivity contribution in [2.45, 2.75) is 5.79 Å². The maximum absolute atomic E-state index is 5.69. The molecule has 2 aromatic carbocycles. The van der Waals surface area contributed by atoms with E-state index in [9.17, 15) is 0 Å². The van der Waals surface area contributed by atoms with Gasteiger partial charge in [0.15, 0.2) is 0 Å². The van der Waals surface area contributed by atoms with Crippen LogP contribution >= 0.6 is 15.9 Å². The Morgan fingerprint density at radius 1 is 0.833 bits per heavy atom. The number of hydrogen-bond acceptors (Lipinski definition) is 2. The Balaban J connectivity index is 2.62. The highest BCUT2D eigenvalue weighted by molar-refractivity contribution is 9.10. The molecule has 0 N–H and O–H groups in total. The van der Waals surface area contributed by atoms with Gasteiger partial charge in [-0.25, -0.2) is 0 Å². The highest BCUT2D eigenvalue weighted by atomic mass is 79.9. The van der Waals surface area contributed by atoms with Crippen LogP contribution in [0.2, 0.25) is 0 Å². The van der Waals surface area contributed by atoms with Crippen LogP contribution in [0.5, 0.6) is 0 Å². The molecule has 0 saturated carbocycles. The highest BCUT2D eigenvalue weighted by Crippen LogP contribution is 2.37. The second kappa shape index (κ2) is 5.65. The van der Waals surface area contributed by atoms with Gasteiger partial charge in [-0.15, -0.1) is 0 Å². The molecule has 2 aromatic rings. The zero-order chi connectivity index (χ0) is 13.0. The third-order valence-corrected chi connectivity index (χ3v) is 3.65. The summed E-state index contributed by atoms with van der Waals surface area (Å²) in [6.07, 6.45) is 0. The van der Waals surface area contributed by atoms with E-state index in [1.165, 1.54) is 0 Å². The second-order valence-electron chi connectivity index (χ2n) is 3.87. The van der Waals surface area contributed by atoms with Crippen LogP contribution in [0.1, 0.15) is 11.1 Å². The fourth-order valence-electron chi connectivity index (χ4n) is 2.08. The van der Waals surface area contributed by atoms with Gasteiger partial charge < -0.3 is 9.47 Å². The van der Waals surface area contributed by atoms with Crippen molar-refractivity contribution < 1.29 is 9.47 Å². The number of rotatable bonds is 4. The first-order valence-corrected chi connectivity index (χ1v) is 6.44.